The van der Waals surface area contributed by atoms with Gasteiger partial charge in [0.25, 0.3) is 0 Å². The van der Waals surface area contributed by atoms with Crippen LogP contribution in [0.2, 0.25) is 0 Å². The number of hydrogen-bond acceptors (Lipinski definition) is 6. The number of pyridine rings is 4. The molecule has 0 amide bonds. The Labute approximate surface area is 734 Å². The molecule has 0 saturated heterocycles. The van der Waals surface area contributed by atoms with Crippen molar-refractivity contribution in [3.63, 3.8) is 0 Å². The predicted molar refractivity (Wildman–Crippen MR) is 488 cm³/mol. The van der Waals surface area contributed by atoms with Crippen LogP contribution in [0.1, 0.15) is 105 Å². The Hall–Kier alpha value is -12.4. The van der Waals surface area contributed by atoms with Gasteiger partial charge in [0, 0.05) is 37.2 Å². The average Bonchev–Trinajstić information content (AvgIpc) is 0.755. The Bertz CT molecular complexity index is 5860. The molecule has 0 unspecified atom stereocenters. The molecule has 0 fully saturated rings. The first-order chi connectivity index (χ1) is 57.0. The molecule has 0 saturated carbocycles. The second-order valence-corrected chi connectivity index (χ2v) is 34.7. The number of hydrogen-bond donors (Lipinski definition) is 0. The summed E-state index contributed by atoms with van der Waals surface area (Å²) in [7, 11) is 0. The first kappa shape index (κ1) is 82.7. The molecule has 5 aromatic heterocycles. The summed E-state index contributed by atoms with van der Waals surface area (Å²) < 4.78 is 0. The third kappa shape index (κ3) is 17.7. The molecular weight excluding hydrogens is 1810 g/mol. The summed E-state index contributed by atoms with van der Waals surface area (Å²) >= 11 is 0. The van der Waals surface area contributed by atoms with Gasteiger partial charge in [0.2, 0.25) is 0 Å². The second kappa shape index (κ2) is 34.5. The summed E-state index contributed by atoms with van der Waals surface area (Å²) in [5, 5.41) is 0. The first-order valence-electron chi connectivity index (χ1n) is 40.5. The van der Waals surface area contributed by atoms with Crippen molar-refractivity contribution in [3.8, 4) is 179 Å². The largest absolute Gasteiger partial charge is 3.00 e. The van der Waals surface area contributed by atoms with Crippen LogP contribution in [0, 0.1) is 36.4 Å². The third-order valence-electron chi connectivity index (χ3n) is 22.4. The van der Waals surface area contributed by atoms with Gasteiger partial charge < -0.3 is 29.9 Å². The second-order valence-electron chi connectivity index (χ2n) is 34.7. The van der Waals surface area contributed by atoms with Crippen LogP contribution in [0.15, 0.2) is 328 Å². The van der Waals surface area contributed by atoms with Crippen LogP contribution in [0.4, 0.5) is 0 Å². The quantitative estimate of drug-likeness (QED) is 0.0897. The minimum Gasteiger partial charge on any atom is -0.333 e. The third-order valence-corrected chi connectivity index (χ3v) is 22.4. The summed E-state index contributed by atoms with van der Waals surface area (Å²) in [4.78, 5) is 28.7. The van der Waals surface area contributed by atoms with E-state index in [9.17, 15) is 0 Å². The molecule has 0 atom stereocenters. The van der Waals surface area contributed by atoms with E-state index in [1.165, 1.54) is 22.3 Å². The molecule has 120 heavy (non-hydrogen) atoms. The number of nitrogens with zero attached hydrogens (tertiary/aromatic N) is 6. The van der Waals surface area contributed by atoms with E-state index in [0.29, 0.717) is 11.4 Å². The monoisotopic (exact) mass is 1900 g/mol. The van der Waals surface area contributed by atoms with Gasteiger partial charge in [-0.2, -0.15) is 5.56 Å². The summed E-state index contributed by atoms with van der Waals surface area (Å²) in [6.45, 7) is 26.8. The van der Waals surface area contributed by atoms with Crippen molar-refractivity contribution in [2.45, 2.75) is 105 Å². The summed E-state index contributed by atoms with van der Waals surface area (Å²) in [6.07, 6.45) is 11.2. The zero-order chi connectivity index (χ0) is 81.5. The van der Waals surface area contributed by atoms with Crippen molar-refractivity contribution in [2.24, 2.45) is 0 Å². The van der Waals surface area contributed by atoms with Crippen LogP contribution in [-0.2, 0) is 61.9 Å². The molecule has 17 rings (SSSR count). The molecule has 0 spiro atoms. The normalized spacial score (nSPS) is 11.7. The molecule has 5 heterocycles. The predicted octanol–water partition coefficient (Wildman–Crippen LogP) is 28.7. The maximum atomic E-state index is 4.85. The number of benzene rings is 12. The van der Waals surface area contributed by atoms with Crippen molar-refractivity contribution in [2.75, 3.05) is 0 Å². The van der Waals surface area contributed by atoms with Gasteiger partial charge in [-0.3, -0.25) is 12.1 Å². The Morgan fingerprint density at radius 3 is 0.675 bits per heavy atom. The number of aromatic nitrogens is 6. The summed E-state index contributed by atoms with van der Waals surface area (Å²) in [5.74, 6) is 0.543. The van der Waals surface area contributed by atoms with E-state index >= 15 is 0 Å². The van der Waals surface area contributed by atoms with Crippen molar-refractivity contribution in [1.82, 2.24) is 29.9 Å². The minimum atomic E-state index is -0.0408. The fourth-order valence-corrected chi connectivity index (χ4v) is 15.7. The Morgan fingerprint density at radius 1 is 0.200 bits per heavy atom. The fourth-order valence-electron chi connectivity index (χ4n) is 15.7. The molecule has 0 radical (unpaired) electrons. The van der Waals surface area contributed by atoms with Gasteiger partial charge in [-0.05, 0) is 206 Å². The van der Waals surface area contributed by atoms with Crippen molar-refractivity contribution in [1.29, 1.82) is 0 Å². The van der Waals surface area contributed by atoms with Gasteiger partial charge in [0.1, 0.15) is 0 Å². The Kier molecular flexibility index (Phi) is 23.8. The summed E-state index contributed by atoms with van der Waals surface area (Å²) in [6, 6.07) is 127. The molecule has 6 nitrogen and oxygen atoms in total. The first-order valence-corrected chi connectivity index (χ1v) is 40.5. The maximum Gasteiger partial charge on any atom is 3.00 e. The average molecular weight is 1900 g/mol. The number of rotatable bonds is 16. The van der Waals surface area contributed by atoms with Crippen LogP contribution in [0.5, 0.6) is 0 Å². The molecule has 0 aliphatic rings. The van der Waals surface area contributed by atoms with E-state index < -0.39 is 0 Å². The van der Waals surface area contributed by atoms with Crippen LogP contribution in [0.25, 0.3) is 179 Å². The van der Waals surface area contributed by atoms with Crippen molar-refractivity contribution < 1.29 is 40.2 Å². The minimum absolute atomic E-state index is 0. The smallest absolute Gasteiger partial charge is 0.333 e. The Balaban J connectivity index is 0.00000561. The molecule has 586 valence electrons. The van der Waals surface area contributed by atoms with E-state index in [1.54, 1.807) is 12.4 Å². The SMILES string of the molecule is CC(C)(C)c1ccnc(-c2[c-]cc(-c3ccccc3-c3cc(-c4ccccc4-c4c[c-]c(-c5cc(C(C)(C)C)ccn5)cc4)cc(-c4cccc(-c5cc(-c6ccccc6-c6c[c-]c(-c7cc(C(C)(C)C)ccn7)cc6)cc(-c6ccccc6-c6c[c-]c(-c7cc(C(C)(C)C)ccn7)cc6)c5)c4-c4c[c-]c(-c5ncccn5)[c-]c4)c3)cc2)c1.[Ir+3].[Ir+3]. The van der Waals surface area contributed by atoms with Crippen molar-refractivity contribution >= 4 is 0 Å². The molecule has 8 heteroatoms. The van der Waals surface area contributed by atoms with Gasteiger partial charge in [0.15, 0.2) is 0 Å². The van der Waals surface area contributed by atoms with Gasteiger partial charge in [0.05, 0.1) is 0 Å². The van der Waals surface area contributed by atoms with E-state index in [0.717, 1.165) is 167 Å². The van der Waals surface area contributed by atoms with E-state index in [4.69, 9.17) is 19.9 Å². The zero-order valence-corrected chi connectivity index (χ0v) is 74.3. The van der Waals surface area contributed by atoms with Crippen LogP contribution >= 0.6 is 0 Å². The Morgan fingerprint density at radius 2 is 0.433 bits per heavy atom. The van der Waals surface area contributed by atoms with Gasteiger partial charge in [-0.15, -0.1) is 119 Å². The fraction of sp³-hybridized carbons (Fsp3) is 0.143. The van der Waals surface area contributed by atoms with Crippen LogP contribution in [0.3, 0.4) is 0 Å². The van der Waals surface area contributed by atoms with Crippen LogP contribution < -0.4 is 0 Å². The van der Waals surface area contributed by atoms with Crippen molar-refractivity contribution in [3.05, 3.63) is 387 Å². The van der Waals surface area contributed by atoms with E-state index in [-0.39, 0.29) is 61.9 Å². The molecule has 12 aromatic carbocycles. The standard InChI is InChI=1S/C112H90N6.2Ir/c1-109(2,3)89-53-59-113-103(69-89)77-41-33-73(34-42-77)93-23-13-17-27-97(93)83-63-84(98-28-18-14-24-94(98)74-35-43-78(44-36-74)104-70-90(54-60-114-104)110(4,5)6)66-87(65-83)101-31-21-32-102(107(101)81-49-51-82(52-50-81)108-117-57-22-58-118-108)88-67-85(99-29-19-15-25-95(99)75-37-45-79(46-38-75)105-71-91(55-61-115-105)111(7,8)9)64-86(68-88)100-30-20-16-26-96(100)76-39-47-80(48-40-76)106-72-92(56-62-116-106)112(10,11)12;;/h13-41,43,45,47,49-50,53-72H,1-12H3;;/q-6;2*+3. The molecular formula is C112H90Ir2N6. The van der Waals surface area contributed by atoms with E-state index in [2.05, 4.69) is 415 Å². The molecule has 0 aliphatic carbocycles. The van der Waals surface area contributed by atoms with Gasteiger partial charge in [-0.1, -0.05) is 273 Å². The molecule has 0 bridgehead atoms. The zero-order valence-electron chi connectivity index (χ0n) is 69.5. The molecule has 0 aliphatic heterocycles. The maximum absolute atomic E-state index is 4.85. The topological polar surface area (TPSA) is 77.3 Å². The molecule has 0 N–H and O–H groups in total. The van der Waals surface area contributed by atoms with E-state index in [1.807, 2.05) is 30.9 Å². The summed E-state index contributed by atoms with van der Waals surface area (Å²) in [5.41, 5.74) is 35.5. The van der Waals surface area contributed by atoms with Gasteiger partial charge >= 0.3 is 40.2 Å². The van der Waals surface area contributed by atoms with Crippen LogP contribution in [-0.4, -0.2) is 29.9 Å². The molecule has 17 aromatic rings. The van der Waals surface area contributed by atoms with Gasteiger partial charge in [-0.25, -0.2) is 17.7 Å².